The first-order valence-electron chi connectivity index (χ1n) is 6.21. The number of imidazole rings is 1. The zero-order valence-electron chi connectivity index (χ0n) is 10.5. The number of para-hydroxylation sites is 2. The second kappa shape index (κ2) is 5.07. The number of nitrogens with zero attached hydrogens (tertiary/aromatic N) is 3. The molecule has 96 valence electrons. The number of hydrogen-bond acceptors (Lipinski definition) is 4. The van der Waals surface area contributed by atoms with Gasteiger partial charge in [0.25, 0.3) is 0 Å². The van der Waals surface area contributed by atoms with Crippen molar-refractivity contribution in [2.24, 2.45) is 5.73 Å². The van der Waals surface area contributed by atoms with Crippen molar-refractivity contribution in [3.63, 3.8) is 0 Å². The number of rotatable bonds is 4. The Morgan fingerprint density at radius 3 is 2.84 bits per heavy atom. The molecule has 3 N–H and O–H groups in total. The van der Waals surface area contributed by atoms with E-state index in [-0.39, 0.29) is 0 Å². The zero-order chi connectivity index (χ0) is 13.1. The van der Waals surface area contributed by atoms with Crippen LogP contribution in [-0.2, 0) is 6.54 Å². The molecule has 0 radical (unpaired) electrons. The molecule has 0 atom stereocenters. The molecule has 0 aliphatic carbocycles. The molecule has 19 heavy (non-hydrogen) atoms. The minimum absolute atomic E-state index is 0.572. The minimum atomic E-state index is 0.572. The predicted molar refractivity (Wildman–Crippen MR) is 76.3 cm³/mol. The number of fused-ring (bicyclic) bond motifs is 1. The summed E-state index contributed by atoms with van der Waals surface area (Å²) in [5.41, 5.74) is 8.64. The van der Waals surface area contributed by atoms with Crippen LogP contribution in [0.25, 0.3) is 11.0 Å². The first-order valence-corrected chi connectivity index (χ1v) is 6.21. The van der Waals surface area contributed by atoms with Gasteiger partial charge in [0, 0.05) is 19.3 Å². The second-order valence-electron chi connectivity index (χ2n) is 4.23. The van der Waals surface area contributed by atoms with Crippen LogP contribution in [0.3, 0.4) is 0 Å². The maximum atomic E-state index is 5.68. The average Bonchev–Trinajstić information content (AvgIpc) is 2.79. The largest absolute Gasteiger partial charge is 0.329 e. The van der Waals surface area contributed by atoms with E-state index >= 15 is 0 Å². The molecule has 0 saturated carbocycles. The van der Waals surface area contributed by atoms with Gasteiger partial charge in [-0.25, -0.2) is 4.98 Å². The summed E-state index contributed by atoms with van der Waals surface area (Å²) in [6.07, 6.45) is 3.51. The molecule has 5 nitrogen and oxygen atoms in total. The number of pyridine rings is 1. The summed E-state index contributed by atoms with van der Waals surface area (Å²) < 4.78 is 2.09. The summed E-state index contributed by atoms with van der Waals surface area (Å²) in [6, 6.07) is 11.9. The third kappa shape index (κ3) is 2.28. The molecule has 2 aromatic heterocycles. The van der Waals surface area contributed by atoms with E-state index in [1.54, 1.807) is 12.4 Å². The van der Waals surface area contributed by atoms with E-state index in [0.717, 1.165) is 29.2 Å². The first kappa shape index (κ1) is 11.7. The molecule has 0 fully saturated rings. The lowest BCUT2D eigenvalue weighted by Gasteiger charge is -2.09. The van der Waals surface area contributed by atoms with Gasteiger partial charge in [-0.05, 0) is 24.3 Å². The molecule has 5 heteroatoms. The molecule has 0 bridgehead atoms. The highest BCUT2D eigenvalue weighted by Crippen LogP contribution is 2.21. The van der Waals surface area contributed by atoms with Crippen molar-refractivity contribution in [3.8, 4) is 0 Å². The van der Waals surface area contributed by atoms with Crippen LogP contribution in [0, 0.1) is 0 Å². The molecule has 1 aromatic carbocycles. The van der Waals surface area contributed by atoms with E-state index in [1.807, 2.05) is 36.4 Å². The van der Waals surface area contributed by atoms with Gasteiger partial charge in [-0.3, -0.25) is 4.98 Å². The summed E-state index contributed by atoms with van der Waals surface area (Å²) in [4.78, 5) is 8.68. The molecular weight excluding hydrogens is 238 g/mol. The maximum Gasteiger partial charge on any atom is 0.208 e. The number of nitrogens with two attached hydrogens (primary N) is 1. The van der Waals surface area contributed by atoms with Crippen LogP contribution < -0.4 is 11.1 Å². The van der Waals surface area contributed by atoms with E-state index in [0.29, 0.717) is 6.54 Å². The van der Waals surface area contributed by atoms with Crippen molar-refractivity contribution in [2.45, 2.75) is 6.54 Å². The van der Waals surface area contributed by atoms with Gasteiger partial charge < -0.3 is 15.6 Å². The van der Waals surface area contributed by atoms with Crippen LogP contribution >= 0.6 is 0 Å². The van der Waals surface area contributed by atoms with E-state index in [4.69, 9.17) is 5.73 Å². The third-order valence-electron chi connectivity index (χ3n) is 2.92. The predicted octanol–water partition coefficient (Wildman–Crippen LogP) is 2.13. The maximum absolute atomic E-state index is 5.68. The lowest BCUT2D eigenvalue weighted by molar-refractivity contribution is 0.736. The Balaban J connectivity index is 2.04. The highest BCUT2D eigenvalue weighted by atomic mass is 15.2. The molecule has 0 saturated heterocycles. The topological polar surface area (TPSA) is 68.8 Å². The Morgan fingerprint density at radius 2 is 2.05 bits per heavy atom. The van der Waals surface area contributed by atoms with Crippen molar-refractivity contribution in [1.29, 1.82) is 0 Å². The van der Waals surface area contributed by atoms with Crippen molar-refractivity contribution in [3.05, 3.63) is 48.8 Å². The van der Waals surface area contributed by atoms with Crippen molar-refractivity contribution < 1.29 is 0 Å². The number of hydrogen-bond donors (Lipinski definition) is 2. The quantitative estimate of drug-likeness (QED) is 0.747. The zero-order valence-corrected chi connectivity index (χ0v) is 10.5. The standard InChI is InChI=1S/C14H15N5/c15-7-9-19-13-6-2-1-5-12(13)18-14(19)17-11-4-3-8-16-10-11/h1-6,8,10H,7,9,15H2,(H,17,18). The van der Waals surface area contributed by atoms with E-state index in [1.165, 1.54) is 0 Å². The summed E-state index contributed by atoms with van der Waals surface area (Å²) in [6.45, 7) is 1.30. The molecule has 0 amide bonds. The van der Waals surface area contributed by atoms with Crippen LogP contribution in [0.5, 0.6) is 0 Å². The number of anilines is 2. The fourth-order valence-corrected chi connectivity index (χ4v) is 2.09. The molecule has 0 unspecified atom stereocenters. The lowest BCUT2D eigenvalue weighted by Crippen LogP contribution is -2.12. The molecule has 0 aliphatic rings. The highest BCUT2D eigenvalue weighted by Gasteiger charge is 2.09. The highest BCUT2D eigenvalue weighted by molar-refractivity contribution is 5.79. The summed E-state index contributed by atoms with van der Waals surface area (Å²) in [7, 11) is 0. The van der Waals surface area contributed by atoms with Gasteiger partial charge in [0.1, 0.15) is 0 Å². The SMILES string of the molecule is NCCn1c(Nc2cccnc2)nc2ccccc21. The van der Waals surface area contributed by atoms with Crippen LogP contribution in [-0.4, -0.2) is 21.1 Å². The summed E-state index contributed by atoms with van der Waals surface area (Å²) in [5.74, 6) is 0.791. The number of nitrogens with one attached hydrogen (secondary N) is 1. The van der Waals surface area contributed by atoms with Gasteiger partial charge in [0.15, 0.2) is 0 Å². The summed E-state index contributed by atoms with van der Waals surface area (Å²) >= 11 is 0. The Morgan fingerprint density at radius 1 is 1.16 bits per heavy atom. The van der Waals surface area contributed by atoms with Crippen molar-refractivity contribution in [1.82, 2.24) is 14.5 Å². The Kier molecular flexibility index (Phi) is 3.12. The van der Waals surface area contributed by atoms with Gasteiger partial charge in [0.05, 0.1) is 22.9 Å². The fraction of sp³-hybridized carbons (Fsp3) is 0.143. The van der Waals surface area contributed by atoms with Crippen LogP contribution in [0.4, 0.5) is 11.6 Å². The van der Waals surface area contributed by atoms with E-state index < -0.39 is 0 Å². The fourth-order valence-electron chi connectivity index (χ4n) is 2.09. The monoisotopic (exact) mass is 253 g/mol. The summed E-state index contributed by atoms with van der Waals surface area (Å²) in [5, 5.41) is 3.28. The van der Waals surface area contributed by atoms with E-state index in [2.05, 4.69) is 19.9 Å². The van der Waals surface area contributed by atoms with Gasteiger partial charge >= 0.3 is 0 Å². The average molecular weight is 253 g/mol. The third-order valence-corrected chi connectivity index (χ3v) is 2.92. The van der Waals surface area contributed by atoms with Gasteiger partial charge in [-0.2, -0.15) is 0 Å². The molecule has 0 aliphatic heterocycles. The smallest absolute Gasteiger partial charge is 0.208 e. The van der Waals surface area contributed by atoms with Crippen LogP contribution in [0.2, 0.25) is 0 Å². The molecule has 3 rings (SSSR count). The number of aromatic nitrogens is 3. The van der Waals surface area contributed by atoms with Crippen molar-refractivity contribution in [2.75, 3.05) is 11.9 Å². The van der Waals surface area contributed by atoms with Crippen molar-refractivity contribution >= 4 is 22.7 Å². The van der Waals surface area contributed by atoms with Gasteiger partial charge in [-0.1, -0.05) is 12.1 Å². The van der Waals surface area contributed by atoms with Crippen LogP contribution in [0.1, 0.15) is 0 Å². The number of benzene rings is 1. The normalized spacial score (nSPS) is 10.8. The van der Waals surface area contributed by atoms with Gasteiger partial charge in [0.2, 0.25) is 5.95 Å². The Bertz CT molecular complexity index is 675. The Hall–Kier alpha value is -2.40. The first-order chi connectivity index (χ1) is 9.38. The van der Waals surface area contributed by atoms with E-state index in [9.17, 15) is 0 Å². The molecule has 0 spiro atoms. The Labute approximate surface area is 111 Å². The minimum Gasteiger partial charge on any atom is -0.329 e. The lowest BCUT2D eigenvalue weighted by atomic mass is 10.3. The molecule has 3 aromatic rings. The van der Waals surface area contributed by atoms with Gasteiger partial charge in [-0.15, -0.1) is 0 Å². The second-order valence-corrected chi connectivity index (χ2v) is 4.23. The molecule has 2 heterocycles. The van der Waals surface area contributed by atoms with Crippen LogP contribution in [0.15, 0.2) is 48.8 Å². The molecular formula is C14H15N5.